The van der Waals surface area contributed by atoms with E-state index in [1.165, 1.54) is 5.56 Å². The van der Waals surface area contributed by atoms with Crippen LogP contribution in [0.25, 0.3) is 0 Å². The fourth-order valence-corrected chi connectivity index (χ4v) is 4.43. The molecule has 4 rings (SSSR count). The second-order valence-corrected chi connectivity index (χ2v) is 8.13. The van der Waals surface area contributed by atoms with E-state index >= 15 is 0 Å². The summed E-state index contributed by atoms with van der Waals surface area (Å²) in [6.45, 7) is 3.49. The highest BCUT2D eigenvalue weighted by Crippen LogP contribution is 2.39. The minimum Gasteiger partial charge on any atom is -0.496 e. The minimum atomic E-state index is -0.137. The van der Waals surface area contributed by atoms with Gasteiger partial charge in [-0.05, 0) is 37.8 Å². The molecule has 2 aromatic rings. The molecule has 0 aliphatic carbocycles. The molecule has 1 aromatic heterocycles. The Balaban J connectivity index is 1.24. The van der Waals surface area contributed by atoms with E-state index in [1.54, 1.807) is 31.1 Å². The van der Waals surface area contributed by atoms with E-state index in [1.807, 2.05) is 12.1 Å². The van der Waals surface area contributed by atoms with E-state index in [0.717, 1.165) is 51.1 Å². The second-order valence-electron chi connectivity index (χ2n) is 8.13. The van der Waals surface area contributed by atoms with Gasteiger partial charge in [0, 0.05) is 45.0 Å². The van der Waals surface area contributed by atoms with Gasteiger partial charge in [-0.3, -0.25) is 14.4 Å². The molecule has 1 amide bonds. The Morgan fingerprint density at radius 2 is 2.07 bits per heavy atom. The van der Waals surface area contributed by atoms with Crippen LogP contribution < -0.4 is 10.1 Å². The van der Waals surface area contributed by atoms with Crippen molar-refractivity contribution in [2.24, 2.45) is 7.05 Å². The molecule has 1 spiro atoms. The molecule has 1 N–H and O–H groups in total. The van der Waals surface area contributed by atoms with Crippen LogP contribution in [0.3, 0.4) is 0 Å². The van der Waals surface area contributed by atoms with Crippen molar-refractivity contribution in [1.82, 2.24) is 20.0 Å². The van der Waals surface area contributed by atoms with Crippen molar-refractivity contribution in [3.8, 4) is 5.75 Å². The molecule has 0 bridgehead atoms. The van der Waals surface area contributed by atoms with Crippen LogP contribution in [-0.2, 0) is 18.3 Å². The number of benzene rings is 1. The van der Waals surface area contributed by atoms with E-state index in [-0.39, 0.29) is 17.6 Å². The quantitative estimate of drug-likeness (QED) is 0.809. The molecule has 7 heteroatoms. The van der Waals surface area contributed by atoms with Gasteiger partial charge in [0.25, 0.3) is 5.91 Å². The lowest BCUT2D eigenvalue weighted by molar-refractivity contribution is -0.0765. The molecule has 0 saturated carbocycles. The van der Waals surface area contributed by atoms with Crippen molar-refractivity contribution in [2.75, 3.05) is 26.7 Å². The molecule has 0 unspecified atom stereocenters. The summed E-state index contributed by atoms with van der Waals surface area (Å²) < 4.78 is 13.5. The lowest BCUT2D eigenvalue weighted by Crippen LogP contribution is -2.44. The SMILES string of the molecule is COc1ccccc1CN1CCC2(CC[C@H](CNC(=O)c3ccn(C)n3)O2)CC1. The smallest absolute Gasteiger partial charge is 0.271 e. The Bertz CT molecular complexity index is 842. The van der Waals surface area contributed by atoms with Crippen LogP contribution in [0.1, 0.15) is 41.7 Å². The van der Waals surface area contributed by atoms with Gasteiger partial charge in [0.1, 0.15) is 11.4 Å². The summed E-state index contributed by atoms with van der Waals surface area (Å²) >= 11 is 0. The van der Waals surface area contributed by atoms with Gasteiger partial charge in [-0.15, -0.1) is 0 Å². The third kappa shape index (κ3) is 4.62. The first kappa shape index (κ1) is 19.9. The van der Waals surface area contributed by atoms with Crippen LogP contribution in [-0.4, -0.2) is 59.0 Å². The Morgan fingerprint density at radius 1 is 1.28 bits per heavy atom. The van der Waals surface area contributed by atoms with Gasteiger partial charge in [0.2, 0.25) is 0 Å². The maximum Gasteiger partial charge on any atom is 0.271 e. The number of piperidine rings is 1. The monoisotopic (exact) mass is 398 g/mol. The third-order valence-electron chi connectivity index (χ3n) is 6.13. The first-order valence-corrected chi connectivity index (χ1v) is 10.4. The normalized spacial score (nSPS) is 21.4. The topological polar surface area (TPSA) is 68.6 Å². The lowest BCUT2D eigenvalue weighted by Gasteiger charge is -2.39. The summed E-state index contributed by atoms with van der Waals surface area (Å²) in [5.74, 6) is 0.815. The summed E-state index contributed by atoms with van der Waals surface area (Å²) in [7, 11) is 3.53. The maximum absolute atomic E-state index is 12.2. The molecule has 7 nitrogen and oxygen atoms in total. The number of amides is 1. The van der Waals surface area contributed by atoms with Crippen LogP contribution in [0, 0.1) is 0 Å². The Labute approximate surface area is 172 Å². The van der Waals surface area contributed by atoms with E-state index in [0.29, 0.717) is 12.2 Å². The molecule has 3 heterocycles. The number of hydrogen-bond donors (Lipinski definition) is 1. The van der Waals surface area contributed by atoms with Gasteiger partial charge in [-0.25, -0.2) is 0 Å². The number of likely N-dealkylation sites (tertiary alicyclic amines) is 1. The summed E-state index contributed by atoms with van der Waals surface area (Å²) in [6, 6.07) is 9.95. The highest BCUT2D eigenvalue weighted by molar-refractivity contribution is 5.92. The number of aromatic nitrogens is 2. The minimum absolute atomic E-state index is 0.0301. The fraction of sp³-hybridized carbons (Fsp3) is 0.545. The van der Waals surface area contributed by atoms with Gasteiger partial charge in [0.15, 0.2) is 0 Å². The number of carbonyl (C=O) groups is 1. The maximum atomic E-state index is 12.2. The standard InChI is InChI=1S/C22H30N4O3/c1-25-12-8-19(24-25)21(27)23-15-18-7-9-22(29-18)10-13-26(14-11-22)16-17-5-3-4-6-20(17)28-2/h3-6,8,12,18H,7,9-11,13-16H2,1-2H3,(H,23,27)/t18-/m1/s1. The summed E-state index contributed by atoms with van der Waals surface area (Å²) in [5, 5.41) is 7.11. The average molecular weight is 399 g/mol. The van der Waals surface area contributed by atoms with Crippen molar-refractivity contribution in [2.45, 2.75) is 43.9 Å². The second kappa shape index (κ2) is 8.55. The molecule has 2 aliphatic heterocycles. The van der Waals surface area contributed by atoms with E-state index in [2.05, 4.69) is 27.4 Å². The van der Waals surface area contributed by atoms with Crippen molar-refractivity contribution < 1.29 is 14.3 Å². The zero-order chi connectivity index (χ0) is 20.3. The van der Waals surface area contributed by atoms with Crippen LogP contribution in [0.2, 0.25) is 0 Å². The lowest BCUT2D eigenvalue weighted by atomic mass is 9.88. The van der Waals surface area contributed by atoms with Crippen LogP contribution in [0.5, 0.6) is 5.75 Å². The summed E-state index contributed by atoms with van der Waals surface area (Å²) in [4.78, 5) is 14.7. The van der Waals surface area contributed by atoms with Crippen molar-refractivity contribution in [3.05, 3.63) is 47.8 Å². The fourth-order valence-electron chi connectivity index (χ4n) is 4.43. The third-order valence-corrected chi connectivity index (χ3v) is 6.13. The number of ether oxygens (including phenoxy) is 2. The van der Waals surface area contributed by atoms with Gasteiger partial charge in [-0.1, -0.05) is 18.2 Å². The molecule has 2 fully saturated rings. The number of rotatable bonds is 6. The van der Waals surface area contributed by atoms with Crippen LogP contribution in [0.4, 0.5) is 0 Å². The molecule has 2 saturated heterocycles. The van der Waals surface area contributed by atoms with Gasteiger partial charge in [-0.2, -0.15) is 5.10 Å². The van der Waals surface area contributed by atoms with Crippen molar-refractivity contribution in [3.63, 3.8) is 0 Å². The zero-order valence-corrected chi connectivity index (χ0v) is 17.3. The predicted octanol–water partition coefficient (Wildman–Crippen LogP) is 2.37. The zero-order valence-electron chi connectivity index (χ0n) is 17.3. The molecule has 29 heavy (non-hydrogen) atoms. The Kier molecular flexibility index (Phi) is 5.87. The molecule has 0 radical (unpaired) electrons. The number of hydrogen-bond acceptors (Lipinski definition) is 5. The van der Waals surface area contributed by atoms with E-state index < -0.39 is 0 Å². The largest absolute Gasteiger partial charge is 0.496 e. The van der Waals surface area contributed by atoms with Crippen LogP contribution in [0.15, 0.2) is 36.5 Å². The number of aryl methyl sites for hydroxylation is 1. The van der Waals surface area contributed by atoms with Crippen molar-refractivity contribution in [1.29, 1.82) is 0 Å². The van der Waals surface area contributed by atoms with Crippen molar-refractivity contribution >= 4 is 5.91 Å². The Morgan fingerprint density at radius 3 is 2.79 bits per heavy atom. The molecule has 2 aliphatic rings. The highest BCUT2D eigenvalue weighted by atomic mass is 16.5. The average Bonchev–Trinajstić information content (AvgIpc) is 3.35. The van der Waals surface area contributed by atoms with Gasteiger partial charge < -0.3 is 14.8 Å². The highest BCUT2D eigenvalue weighted by Gasteiger charge is 2.42. The van der Waals surface area contributed by atoms with Crippen LogP contribution >= 0.6 is 0 Å². The first-order valence-electron chi connectivity index (χ1n) is 10.4. The van der Waals surface area contributed by atoms with Gasteiger partial charge >= 0.3 is 0 Å². The summed E-state index contributed by atoms with van der Waals surface area (Å²) in [5.41, 5.74) is 1.65. The van der Waals surface area contributed by atoms with Gasteiger partial charge in [0.05, 0.1) is 18.8 Å². The Hall–Kier alpha value is -2.38. The number of carbonyl (C=O) groups excluding carboxylic acids is 1. The number of para-hydroxylation sites is 1. The number of nitrogens with one attached hydrogen (secondary N) is 1. The molecule has 156 valence electrons. The molecule has 1 atom stereocenters. The number of nitrogens with zero attached hydrogens (tertiary/aromatic N) is 3. The molecule has 1 aromatic carbocycles. The van der Waals surface area contributed by atoms with E-state index in [9.17, 15) is 4.79 Å². The first-order chi connectivity index (χ1) is 14.1. The number of methoxy groups -OCH3 is 1. The predicted molar refractivity (Wildman–Crippen MR) is 110 cm³/mol. The summed E-state index contributed by atoms with van der Waals surface area (Å²) in [6.07, 6.45) is 5.99. The molecular formula is C22H30N4O3. The van der Waals surface area contributed by atoms with E-state index in [4.69, 9.17) is 9.47 Å². The molecular weight excluding hydrogens is 368 g/mol.